The van der Waals surface area contributed by atoms with Crippen molar-refractivity contribution in [3.63, 3.8) is 0 Å². The van der Waals surface area contributed by atoms with E-state index in [9.17, 15) is 15.0 Å². The van der Waals surface area contributed by atoms with Gasteiger partial charge in [-0.3, -0.25) is 4.79 Å². The zero-order valence-corrected chi connectivity index (χ0v) is 21.4. The standard InChI is InChI=1S/C24H25BrO8S/c1-10-7-12-16(17(27)15-11(18(12)29-2)5-4-6-13(15)26)19-14(10)20-21-24(30-3,32-19)22(28,8-25)23(9-34,31-20)33-21/h7,20-21,27-28,34H,4-6,8-9H2,1-3H3/t20?,21?,22-,23?,24-/m1/s1. The molecule has 5 atom stereocenters. The number of ether oxygens (including phenoxy) is 5. The smallest absolute Gasteiger partial charge is 0.275 e. The zero-order valence-electron chi connectivity index (χ0n) is 18.9. The Balaban J connectivity index is 1.72. The highest BCUT2D eigenvalue weighted by Gasteiger charge is 2.84. The van der Waals surface area contributed by atoms with E-state index in [-0.39, 0.29) is 33.9 Å². The second kappa shape index (κ2) is 7.24. The molecule has 2 aromatic carbocycles. The summed E-state index contributed by atoms with van der Waals surface area (Å²) in [5, 5.41) is 24.3. The summed E-state index contributed by atoms with van der Waals surface area (Å²) in [6.07, 6.45) is 0.249. The number of hydrogen-bond donors (Lipinski definition) is 3. The molecule has 3 aliphatic heterocycles. The number of aliphatic hydroxyl groups is 1. The lowest BCUT2D eigenvalue weighted by Gasteiger charge is -2.53. The van der Waals surface area contributed by atoms with Gasteiger partial charge in [0.25, 0.3) is 5.79 Å². The summed E-state index contributed by atoms with van der Waals surface area (Å²) in [5.74, 6) is -2.51. The van der Waals surface area contributed by atoms with Crippen LogP contribution in [-0.4, -0.2) is 64.6 Å². The molecule has 34 heavy (non-hydrogen) atoms. The van der Waals surface area contributed by atoms with Crippen molar-refractivity contribution in [2.24, 2.45) is 0 Å². The molecule has 0 amide bonds. The van der Waals surface area contributed by atoms with Crippen LogP contribution in [0.1, 0.15) is 46.0 Å². The van der Waals surface area contributed by atoms with Crippen molar-refractivity contribution in [2.75, 3.05) is 25.3 Å². The van der Waals surface area contributed by atoms with Crippen LogP contribution < -0.4 is 9.47 Å². The first kappa shape index (κ1) is 22.9. The van der Waals surface area contributed by atoms with Crippen LogP contribution in [0.3, 0.4) is 0 Å². The number of thiol groups is 1. The van der Waals surface area contributed by atoms with E-state index < -0.39 is 29.4 Å². The highest BCUT2D eigenvalue weighted by Crippen LogP contribution is 2.67. The van der Waals surface area contributed by atoms with Crippen LogP contribution in [0.15, 0.2) is 6.07 Å². The lowest BCUT2D eigenvalue weighted by Crippen LogP contribution is -2.74. The molecule has 4 aliphatic rings. The van der Waals surface area contributed by atoms with Gasteiger partial charge in [-0.25, -0.2) is 0 Å². The van der Waals surface area contributed by atoms with Crippen LogP contribution >= 0.6 is 28.6 Å². The number of phenols is 1. The molecular weight excluding hydrogens is 528 g/mol. The Morgan fingerprint density at radius 1 is 1.29 bits per heavy atom. The third kappa shape index (κ3) is 2.33. The van der Waals surface area contributed by atoms with E-state index in [1.807, 2.05) is 13.0 Å². The molecule has 2 saturated heterocycles. The molecule has 6 rings (SSSR count). The first-order valence-electron chi connectivity index (χ1n) is 11.1. The number of benzene rings is 2. The van der Waals surface area contributed by atoms with Gasteiger partial charge in [-0.2, -0.15) is 12.6 Å². The Morgan fingerprint density at radius 3 is 2.71 bits per heavy atom. The first-order chi connectivity index (χ1) is 16.2. The van der Waals surface area contributed by atoms with Gasteiger partial charge < -0.3 is 33.9 Å². The van der Waals surface area contributed by atoms with E-state index >= 15 is 0 Å². The lowest BCUT2D eigenvalue weighted by atomic mass is 9.77. The van der Waals surface area contributed by atoms with Gasteiger partial charge in [0.2, 0.25) is 5.79 Å². The summed E-state index contributed by atoms with van der Waals surface area (Å²) >= 11 is 7.81. The van der Waals surface area contributed by atoms with Crippen LogP contribution in [0.5, 0.6) is 17.2 Å². The van der Waals surface area contributed by atoms with Crippen molar-refractivity contribution in [3.8, 4) is 17.2 Å². The Kier molecular flexibility index (Phi) is 4.87. The third-order valence-corrected chi connectivity index (χ3v) is 9.10. The molecular formula is C24H25BrO8S. The average molecular weight is 553 g/mol. The molecule has 2 N–H and O–H groups in total. The molecule has 2 aromatic rings. The van der Waals surface area contributed by atoms with Gasteiger partial charge in [-0.15, -0.1) is 0 Å². The minimum absolute atomic E-state index is 0.0277. The van der Waals surface area contributed by atoms with E-state index in [4.69, 9.17) is 23.7 Å². The summed E-state index contributed by atoms with van der Waals surface area (Å²) in [7, 11) is 2.99. The monoisotopic (exact) mass is 552 g/mol. The van der Waals surface area contributed by atoms with Crippen LogP contribution in [0.4, 0.5) is 0 Å². The largest absolute Gasteiger partial charge is 0.506 e. The lowest BCUT2D eigenvalue weighted by molar-refractivity contribution is -0.339. The molecule has 1 aliphatic carbocycles. The minimum Gasteiger partial charge on any atom is -0.506 e. The number of aryl methyl sites for hydroxylation is 1. The number of methoxy groups -OCH3 is 2. The number of aromatic hydroxyl groups is 1. The van der Waals surface area contributed by atoms with Crippen LogP contribution in [0.25, 0.3) is 10.8 Å². The minimum atomic E-state index is -1.75. The fourth-order valence-electron chi connectivity index (χ4n) is 6.31. The molecule has 0 saturated carbocycles. The van der Waals surface area contributed by atoms with Gasteiger partial charge in [0.15, 0.2) is 17.5 Å². The Bertz CT molecular complexity index is 1270. The third-order valence-electron chi connectivity index (χ3n) is 7.87. The molecule has 10 heteroatoms. The molecule has 0 aromatic heterocycles. The predicted octanol–water partition coefficient (Wildman–Crippen LogP) is 3.34. The number of carbonyl (C=O) groups excluding carboxylic acids is 1. The first-order valence-corrected chi connectivity index (χ1v) is 12.9. The summed E-state index contributed by atoms with van der Waals surface area (Å²) in [5.41, 5.74) is 0.718. The normalized spacial score (nSPS) is 35.3. The van der Waals surface area contributed by atoms with E-state index in [2.05, 4.69) is 28.6 Å². The van der Waals surface area contributed by atoms with Crippen LogP contribution in [-0.2, 0) is 20.6 Å². The van der Waals surface area contributed by atoms with Crippen LogP contribution in [0.2, 0.25) is 0 Å². The molecule has 3 unspecified atom stereocenters. The second-order valence-corrected chi connectivity index (χ2v) is 10.2. The number of fused-ring (bicyclic) bond motifs is 6. The number of rotatable bonds is 4. The van der Waals surface area contributed by atoms with E-state index in [1.165, 1.54) is 7.11 Å². The second-order valence-electron chi connectivity index (χ2n) is 9.33. The van der Waals surface area contributed by atoms with E-state index in [0.29, 0.717) is 46.9 Å². The number of halogens is 1. The number of carbonyl (C=O) groups is 1. The van der Waals surface area contributed by atoms with Crippen molar-refractivity contribution in [3.05, 3.63) is 28.3 Å². The quantitative estimate of drug-likeness (QED) is 0.392. The summed E-state index contributed by atoms with van der Waals surface area (Å²) in [6.45, 7) is 1.92. The van der Waals surface area contributed by atoms with Crippen molar-refractivity contribution >= 4 is 45.1 Å². The van der Waals surface area contributed by atoms with E-state index in [0.717, 1.165) is 5.56 Å². The Hall–Kier alpha value is -1.56. The maximum Gasteiger partial charge on any atom is 0.275 e. The number of alkyl halides is 1. The topological polar surface area (TPSA) is 104 Å². The van der Waals surface area contributed by atoms with E-state index in [1.54, 1.807) is 7.11 Å². The van der Waals surface area contributed by atoms with Gasteiger partial charge in [0, 0.05) is 41.1 Å². The van der Waals surface area contributed by atoms with Gasteiger partial charge in [-0.1, -0.05) is 15.9 Å². The SMILES string of the molecule is COc1c2c(c(O)c3c4c(c(C)cc13)C1OC3(CS)OC1[C@@](OC)(O4)[C@@]3(O)CBr)C(=O)CCC2. The molecule has 3 heterocycles. The number of ketones is 1. The summed E-state index contributed by atoms with van der Waals surface area (Å²) < 4.78 is 30.8. The van der Waals surface area contributed by atoms with Crippen molar-refractivity contribution in [2.45, 2.75) is 55.6 Å². The van der Waals surface area contributed by atoms with Crippen molar-refractivity contribution < 1.29 is 38.7 Å². The molecule has 182 valence electrons. The van der Waals surface area contributed by atoms with Gasteiger partial charge in [0.1, 0.15) is 23.4 Å². The maximum atomic E-state index is 12.9. The number of Topliss-reactive ketones (excluding diaryl/α,β-unsaturated/α-hetero) is 1. The van der Waals surface area contributed by atoms with Gasteiger partial charge in [-0.05, 0) is 31.4 Å². The Morgan fingerprint density at radius 2 is 2.06 bits per heavy atom. The fraction of sp³-hybridized carbons (Fsp3) is 0.542. The zero-order chi connectivity index (χ0) is 24.2. The Labute approximate surface area is 210 Å². The van der Waals surface area contributed by atoms with Gasteiger partial charge >= 0.3 is 0 Å². The number of hydrogen-bond acceptors (Lipinski definition) is 9. The van der Waals surface area contributed by atoms with Crippen LogP contribution in [0, 0.1) is 6.92 Å². The van der Waals surface area contributed by atoms with Crippen molar-refractivity contribution in [1.82, 2.24) is 0 Å². The summed E-state index contributed by atoms with van der Waals surface area (Å²) in [4.78, 5) is 12.9. The summed E-state index contributed by atoms with van der Waals surface area (Å²) in [6, 6.07) is 1.91. The molecule has 0 spiro atoms. The van der Waals surface area contributed by atoms with Crippen molar-refractivity contribution in [1.29, 1.82) is 0 Å². The molecule has 2 bridgehead atoms. The molecule has 8 nitrogen and oxygen atoms in total. The highest BCUT2D eigenvalue weighted by atomic mass is 79.9. The number of phenolic OH excluding ortho intramolecular Hbond substituents is 1. The molecule has 2 fully saturated rings. The predicted molar refractivity (Wildman–Crippen MR) is 129 cm³/mol. The van der Waals surface area contributed by atoms with Gasteiger partial charge in [0.05, 0.1) is 18.1 Å². The fourth-order valence-corrected chi connectivity index (χ4v) is 7.54. The molecule has 0 radical (unpaired) electrons. The highest BCUT2D eigenvalue weighted by molar-refractivity contribution is 9.09. The average Bonchev–Trinajstić information content (AvgIpc) is 3.33. The maximum absolute atomic E-state index is 12.9.